The Morgan fingerprint density at radius 2 is 1.88 bits per heavy atom. The van der Waals surface area contributed by atoms with Crippen molar-refractivity contribution in [2.24, 2.45) is 0 Å². The zero-order valence-electron chi connectivity index (χ0n) is 14.2. The third-order valence-electron chi connectivity index (χ3n) is 3.96. The van der Waals surface area contributed by atoms with Crippen LogP contribution in [-0.2, 0) is 6.54 Å². The van der Waals surface area contributed by atoms with Crippen molar-refractivity contribution in [3.05, 3.63) is 64.6 Å². The van der Waals surface area contributed by atoms with Gasteiger partial charge >= 0.3 is 5.69 Å². The summed E-state index contributed by atoms with van der Waals surface area (Å²) in [5.74, 6) is 0.732. The minimum atomic E-state index is -0.113. The molecule has 0 spiro atoms. The summed E-state index contributed by atoms with van der Waals surface area (Å²) in [5.41, 5.74) is 2.62. The molecular weight excluding hydrogens is 302 g/mol. The highest BCUT2D eigenvalue weighted by Gasteiger charge is 2.11. The first-order valence-corrected chi connectivity index (χ1v) is 8.18. The molecule has 0 fully saturated rings. The number of hydrogen-bond acceptors (Lipinski definition) is 3. The molecule has 0 radical (unpaired) electrons. The number of benzene rings is 2. The number of imidazole rings is 1. The molecule has 5 nitrogen and oxygen atoms in total. The van der Waals surface area contributed by atoms with Gasteiger partial charge in [0.1, 0.15) is 11.3 Å². The molecule has 3 aromatic rings. The maximum atomic E-state index is 12.4. The van der Waals surface area contributed by atoms with Crippen LogP contribution in [0.5, 0.6) is 5.75 Å². The van der Waals surface area contributed by atoms with Crippen LogP contribution in [0.15, 0.2) is 53.3 Å². The summed E-state index contributed by atoms with van der Waals surface area (Å²) in [6.45, 7) is 2.15. The molecule has 0 aliphatic carbocycles. The molecule has 0 aliphatic heterocycles. The van der Waals surface area contributed by atoms with Gasteiger partial charge in [0.05, 0.1) is 18.7 Å². The van der Waals surface area contributed by atoms with Crippen LogP contribution in [0.2, 0.25) is 0 Å². The molecule has 1 aromatic heterocycles. The van der Waals surface area contributed by atoms with Gasteiger partial charge in [-0.05, 0) is 38.2 Å². The molecule has 3 rings (SSSR count). The Morgan fingerprint density at radius 3 is 2.62 bits per heavy atom. The molecule has 1 N–H and O–H groups in total. The summed E-state index contributed by atoms with van der Waals surface area (Å²) < 4.78 is 7.63. The quantitative estimate of drug-likeness (QED) is 0.680. The lowest BCUT2D eigenvalue weighted by molar-refractivity contribution is 0.284. The molecule has 0 unspecified atom stereocenters. The van der Waals surface area contributed by atoms with E-state index in [2.05, 4.69) is 9.88 Å². The van der Waals surface area contributed by atoms with Gasteiger partial charge < -0.3 is 14.6 Å². The van der Waals surface area contributed by atoms with Crippen molar-refractivity contribution in [1.82, 2.24) is 14.5 Å². The Balaban J connectivity index is 1.83. The highest BCUT2D eigenvalue weighted by atomic mass is 16.5. The number of aromatic amines is 1. The minimum Gasteiger partial charge on any atom is -0.491 e. The average Bonchev–Trinajstić information content (AvgIpc) is 2.89. The third kappa shape index (κ3) is 3.68. The third-order valence-corrected chi connectivity index (χ3v) is 3.96. The number of hydrogen-bond donors (Lipinski definition) is 1. The predicted molar refractivity (Wildman–Crippen MR) is 96.8 cm³/mol. The second-order valence-electron chi connectivity index (χ2n) is 6.16. The molecule has 1 heterocycles. The van der Waals surface area contributed by atoms with Crippen molar-refractivity contribution < 1.29 is 4.74 Å². The monoisotopic (exact) mass is 325 g/mol. The van der Waals surface area contributed by atoms with E-state index in [1.54, 1.807) is 4.57 Å². The molecule has 0 atom stereocenters. The SMILES string of the molecule is CN(C)CCCOc1cccc2c1[nH]c(=O)n2Cc1ccccc1. The number of ether oxygens (including phenoxy) is 1. The number of H-pyrrole nitrogens is 1. The highest BCUT2D eigenvalue weighted by molar-refractivity contribution is 5.81. The summed E-state index contributed by atoms with van der Waals surface area (Å²) in [4.78, 5) is 17.4. The van der Waals surface area contributed by atoms with Crippen molar-refractivity contribution >= 4 is 11.0 Å². The Morgan fingerprint density at radius 1 is 1.08 bits per heavy atom. The van der Waals surface area contributed by atoms with E-state index in [0.717, 1.165) is 35.3 Å². The normalized spacial score (nSPS) is 11.3. The smallest absolute Gasteiger partial charge is 0.326 e. The molecule has 0 amide bonds. The molecule has 5 heteroatoms. The van der Waals surface area contributed by atoms with E-state index in [9.17, 15) is 4.79 Å². The maximum Gasteiger partial charge on any atom is 0.326 e. The number of para-hydroxylation sites is 1. The van der Waals surface area contributed by atoms with E-state index < -0.39 is 0 Å². The summed E-state index contributed by atoms with van der Waals surface area (Å²) in [5, 5.41) is 0. The zero-order valence-corrected chi connectivity index (χ0v) is 14.2. The van der Waals surface area contributed by atoms with Crippen LogP contribution in [0.25, 0.3) is 11.0 Å². The fourth-order valence-electron chi connectivity index (χ4n) is 2.76. The summed E-state index contributed by atoms with van der Waals surface area (Å²) in [7, 11) is 4.09. The van der Waals surface area contributed by atoms with E-state index in [1.165, 1.54) is 0 Å². The first-order chi connectivity index (χ1) is 11.6. The van der Waals surface area contributed by atoms with Gasteiger partial charge in [0.15, 0.2) is 0 Å². The first-order valence-electron chi connectivity index (χ1n) is 8.18. The van der Waals surface area contributed by atoms with Gasteiger partial charge in [0.2, 0.25) is 0 Å². The van der Waals surface area contributed by atoms with Crippen molar-refractivity contribution in [3.8, 4) is 5.75 Å². The Hall–Kier alpha value is -2.53. The molecule has 2 aromatic carbocycles. The predicted octanol–water partition coefficient (Wildman–Crippen LogP) is 2.71. The minimum absolute atomic E-state index is 0.113. The van der Waals surface area contributed by atoms with Crippen LogP contribution in [0.1, 0.15) is 12.0 Å². The largest absolute Gasteiger partial charge is 0.491 e. The molecule has 126 valence electrons. The van der Waals surface area contributed by atoms with Crippen molar-refractivity contribution in [2.75, 3.05) is 27.2 Å². The number of nitrogens with one attached hydrogen (secondary N) is 1. The standard InChI is InChI=1S/C19H23N3O2/c1-21(2)12-7-13-24-17-11-6-10-16-18(17)20-19(23)22(16)14-15-8-4-3-5-9-15/h3-6,8-11H,7,12-14H2,1-2H3,(H,20,23). The van der Waals surface area contributed by atoms with Gasteiger partial charge in [0.25, 0.3) is 0 Å². The van der Waals surface area contributed by atoms with Gasteiger partial charge in [-0.3, -0.25) is 4.57 Å². The van der Waals surface area contributed by atoms with Crippen LogP contribution in [0, 0.1) is 0 Å². The topological polar surface area (TPSA) is 50.3 Å². The lowest BCUT2D eigenvalue weighted by Crippen LogP contribution is -2.17. The first kappa shape index (κ1) is 16.3. The fourth-order valence-corrected chi connectivity index (χ4v) is 2.76. The van der Waals surface area contributed by atoms with Gasteiger partial charge in [-0.25, -0.2) is 4.79 Å². The fraction of sp³-hybridized carbons (Fsp3) is 0.316. The number of fused-ring (bicyclic) bond motifs is 1. The molecule has 0 saturated carbocycles. The second-order valence-corrected chi connectivity index (χ2v) is 6.16. The van der Waals surface area contributed by atoms with Crippen LogP contribution < -0.4 is 10.4 Å². The van der Waals surface area contributed by atoms with Crippen molar-refractivity contribution in [2.45, 2.75) is 13.0 Å². The van der Waals surface area contributed by atoms with Crippen LogP contribution in [0.3, 0.4) is 0 Å². The number of aromatic nitrogens is 2. The van der Waals surface area contributed by atoms with E-state index >= 15 is 0 Å². The van der Waals surface area contributed by atoms with Crippen molar-refractivity contribution in [3.63, 3.8) is 0 Å². The van der Waals surface area contributed by atoms with E-state index in [4.69, 9.17) is 4.74 Å². The van der Waals surface area contributed by atoms with E-state index in [0.29, 0.717) is 13.2 Å². The molecule has 0 bridgehead atoms. The Labute approximate surface area is 141 Å². The molecule has 0 saturated heterocycles. The number of nitrogens with zero attached hydrogens (tertiary/aromatic N) is 2. The van der Waals surface area contributed by atoms with E-state index in [-0.39, 0.29) is 5.69 Å². The highest BCUT2D eigenvalue weighted by Crippen LogP contribution is 2.23. The lowest BCUT2D eigenvalue weighted by atomic mass is 10.2. The Bertz CT molecular complexity index is 850. The van der Waals surface area contributed by atoms with Crippen LogP contribution in [0.4, 0.5) is 0 Å². The number of rotatable bonds is 7. The summed E-state index contributed by atoms with van der Waals surface area (Å²) in [6, 6.07) is 15.8. The Kier molecular flexibility index (Phi) is 5.01. The zero-order chi connectivity index (χ0) is 16.9. The average molecular weight is 325 g/mol. The second kappa shape index (κ2) is 7.36. The lowest BCUT2D eigenvalue weighted by Gasteiger charge is -2.11. The maximum absolute atomic E-state index is 12.4. The van der Waals surface area contributed by atoms with Gasteiger partial charge in [-0.1, -0.05) is 36.4 Å². The molecule has 0 aliphatic rings. The molecule has 24 heavy (non-hydrogen) atoms. The summed E-state index contributed by atoms with van der Waals surface area (Å²) in [6.07, 6.45) is 0.943. The van der Waals surface area contributed by atoms with E-state index in [1.807, 2.05) is 62.6 Å². The summed E-state index contributed by atoms with van der Waals surface area (Å²) >= 11 is 0. The van der Waals surface area contributed by atoms with Gasteiger partial charge in [-0.15, -0.1) is 0 Å². The van der Waals surface area contributed by atoms with Crippen LogP contribution >= 0.6 is 0 Å². The van der Waals surface area contributed by atoms with Crippen molar-refractivity contribution in [1.29, 1.82) is 0 Å². The van der Waals surface area contributed by atoms with Gasteiger partial charge in [-0.2, -0.15) is 0 Å². The van der Waals surface area contributed by atoms with Gasteiger partial charge in [0, 0.05) is 6.54 Å². The van der Waals surface area contributed by atoms with Crippen LogP contribution in [-0.4, -0.2) is 41.7 Å². The molecular formula is C19H23N3O2.